The number of amides is 1. The fourth-order valence-electron chi connectivity index (χ4n) is 1.35. The van der Waals surface area contributed by atoms with Crippen molar-refractivity contribution < 1.29 is 4.79 Å². The molecule has 0 spiro atoms. The van der Waals surface area contributed by atoms with Crippen LogP contribution in [0.2, 0.25) is 0 Å². The highest BCUT2D eigenvalue weighted by Gasteiger charge is 2.53. The minimum absolute atomic E-state index is 0.130. The van der Waals surface area contributed by atoms with Crippen LogP contribution in [0.4, 0.5) is 0 Å². The van der Waals surface area contributed by atoms with Crippen LogP contribution in [0, 0.1) is 11.3 Å². The monoisotopic (exact) mass is 127 g/mol. The van der Waals surface area contributed by atoms with Gasteiger partial charge in [-0.3, -0.25) is 4.79 Å². The van der Waals surface area contributed by atoms with Crippen LogP contribution in [0.15, 0.2) is 0 Å². The summed E-state index contributed by atoms with van der Waals surface area (Å²) in [6.07, 6.45) is 2.08. The van der Waals surface area contributed by atoms with E-state index >= 15 is 0 Å². The highest BCUT2D eigenvalue weighted by Crippen LogP contribution is 2.53. The quantitative estimate of drug-likeness (QED) is 0.588. The van der Waals surface area contributed by atoms with E-state index in [0.717, 1.165) is 12.8 Å². The van der Waals surface area contributed by atoms with Gasteiger partial charge in [-0.1, -0.05) is 20.3 Å². The van der Waals surface area contributed by atoms with Crippen LogP contribution in [-0.4, -0.2) is 5.91 Å². The highest BCUT2D eigenvalue weighted by molar-refractivity contribution is 5.83. The molecular formula is C7H13NO. The largest absolute Gasteiger partial charge is 0.369 e. The van der Waals surface area contributed by atoms with Crippen LogP contribution >= 0.6 is 0 Å². The lowest BCUT2D eigenvalue weighted by Crippen LogP contribution is -2.23. The Hall–Kier alpha value is -0.530. The second-order valence-electron chi connectivity index (χ2n) is 3.09. The molecule has 0 saturated heterocycles. The maximum atomic E-state index is 10.7. The van der Waals surface area contributed by atoms with Crippen LogP contribution in [0.25, 0.3) is 0 Å². The summed E-state index contributed by atoms with van der Waals surface area (Å²) in [5.41, 5.74) is 5.01. The Morgan fingerprint density at radius 3 is 2.56 bits per heavy atom. The summed E-state index contributed by atoms with van der Waals surface area (Å²) < 4.78 is 0. The van der Waals surface area contributed by atoms with Crippen molar-refractivity contribution in [3.8, 4) is 0 Å². The number of primary amides is 1. The van der Waals surface area contributed by atoms with Gasteiger partial charge in [-0.15, -0.1) is 0 Å². The fourth-order valence-corrected chi connectivity index (χ4v) is 1.35. The van der Waals surface area contributed by atoms with E-state index in [0.29, 0.717) is 5.92 Å². The summed E-state index contributed by atoms with van der Waals surface area (Å²) in [7, 11) is 0. The molecule has 1 unspecified atom stereocenters. The first-order chi connectivity index (χ1) is 4.11. The Balaban J connectivity index is 2.52. The van der Waals surface area contributed by atoms with Crippen LogP contribution in [0.1, 0.15) is 26.7 Å². The van der Waals surface area contributed by atoms with Gasteiger partial charge < -0.3 is 5.73 Å². The van der Waals surface area contributed by atoms with Crippen molar-refractivity contribution in [1.82, 2.24) is 0 Å². The molecule has 1 rings (SSSR count). The molecule has 0 aromatic heterocycles. The maximum Gasteiger partial charge on any atom is 0.223 e. The summed E-state index contributed by atoms with van der Waals surface area (Å²) in [4.78, 5) is 10.7. The van der Waals surface area contributed by atoms with Gasteiger partial charge in [-0.25, -0.2) is 0 Å². The van der Waals surface area contributed by atoms with E-state index in [9.17, 15) is 4.79 Å². The molecule has 0 aliphatic heterocycles. The topological polar surface area (TPSA) is 43.1 Å². The van der Waals surface area contributed by atoms with Gasteiger partial charge in [0.15, 0.2) is 0 Å². The van der Waals surface area contributed by atoms with Gasteiger partial charge in [0.25, 0.3) is 0 Å². The van der Waals surface area contributed by atoms with Crippen LogP contribution in [0.3, 0.4) is 0 Å². The summed E-state index contributed by atoms with van der Waals surface area (Å²) in [6, 6.07) is 0. The lowest BCUT2D eigenvalue weighted by Gasteiger charge is -2.01. The molecule has 0 radical (unpaired) electrons. The Morgan fingerprint density at radius 1 is 1.89 bits per heavy atom. The van der Waals surface area contributed by atoms with E-state index < -0.39 is 0 Å². The van der Waals surface area contributed by atoms with Crippen molar-refractivity contribution in [1.29, 1.82) is 0 Å². The summed E-state index contributed by atoms with van der Waals surface area (Å²) in [6.45, 7) is 4.04. The zero-order valence-electron chi connectivity index (χ0n) is 5.98. The molecule has 2 atom stereocenters. The first-order valence-electron chi connectivity index (χ1n) is 3.41. The number of rotatable bonds is 2. The zero-order valence-corrected chi connectivity index (χ0v) is 5.98. The van der Waals surface area contributed by atoms with Gasteiger partial charge in [0.2, 0.25) is 5.91 Å². The molecule has 52 valence electrons. The summed E-state index contributed by atoms with van der Waals surface area (Å²) >= 11 is 0. The Labute approximate surface area is 55.4 Å². The molecule has 1 aliphatic carbocycles. The standard InChI is InChI=1S/C7H13NO/c1-3-5-4-7(5,2)6(8)9/h5H,3-4H2,1-2H3,(H2,8,9)/t5?,7-/m0/s1. The van der Waals surface area contributed by atoms with Crippen LogP contribution < -0.4 is 5.73 Å². The third-order valence-corrected chi connectivity index (χ3v) is 2.47. The molecule has 0 aromatic carbocycles. The van der Waals surface area contributed by atoms with Crippen molar-refractivity contribution in [3.63, 3.8) is 0 Å². The molecule has 2 N–H and O–H groups in total. The third-order valence-electron chi connectivity index (χ3n) is 2.47. The second-order valence-corrected chi connectivity index (χ2v) is 3.09. The van der Waals surface area contributed by atoms with Crippen LogP contribution in [-0.2, 0) is 4.79 Å². The third kappa shape index (κ3) is 0.824. The maximum absolute atomic E-state index is 10.7. The van der Waals surface area contributed by atoms with Gasteiger partial charge in [0, 0.05) is 5.41 Å². The van der Waals surface area contributed by atoms with Gasteiger partial charge in [0.05, 0.1) is 0 Å². The molecule has 1 amide bonds. The van der Waals surface area contributed by atoms with Crippen molar-refractivity contribution in [2.24, 2.45) is 17.1 Å². The van der Waals surface area contributed by atoms with Crippen molar-refractivity contribution in [2.45, 2.75) is 26.7 Å². The van der Waals surface area contributed by atoms with E-state index in [4.69, 9.17) is 5.73 Å². The van der Waals surface area contributed by atoms with Crippen molar-refractivity contribution in [3.05, 3.63) is 0 Å². The van der Waals surface area contributed by atoms with Gasteiger partial charge in [0.1, 0.15) is 0 Å². The lowest BCUT2D eigenvalue weighted by molar-refractivity contribution is -0.123. The smallest absolute Gasteiger partial charge is 0.223 e. The van der Waals surface area contributed by atoms with Gasteiger partial charge >= 0.3 is 0 Å². The molecule has 2 heteroatoms. The highest BCUT2D eigenvalue weighted by atomic mass is 16.1. The average Bonchev–Trinajstić information content (AvgIpc) is 2.44. The molecule has 0 bridgehead atoms. The van der Waals surface area contributed by atoms with E-state index in [-0.39, 0.29) is 11.3 Å². The Morgan fingerprint density at radius 2 is 2.44 bits per heavy atom. The summed E-state index contributed by atoms with van der Waals surface area (Å²) in [5, 5.41) is 0. The Bertz CT molecular complexity index is 144. The molecule has 0 heterocycles. The van der Waals surface area contributed by atoms with Crippen molar-refractivity contribution in [2.75, 3.05) is 0 Å². The molecule has 1 saturated carbocycles. The molecule has 9 heavy (non-hydrogen) atoms. The first kappa shape index (κ1) is 6.59. The van der Waals surface area contributed by atoms with E-state index in [1.165, 1.54) is 0 Å². The van der Waals surface area contributed by atoms with E-state index in [1.54, 1.807) is 0 Å². The number of carbonyl (C=O) groups is 1. The molecule has 2 nitrogen and oxygen atoms in total. The van der Waals surface area contributed by atoms with Gasteiger partial charge in [-0.2, -0.15) is 0 Å². The SMILES string of the molecule is CCC1C[C@]1(C)C(N)=O. The van der Waals surface area contributed by atoms with Gasteiger partial charge in [-0.05, 0) is 12.3 Å². The zero-order chi connectivity index (χ0) is 7.07. The minimum atomic E-state index is -0.144. The first-order valence-corrected chi connectivity index (χ1v) is 3.41. The fraction of sp³-hybridized carbons (Fsp3) is 0.857. The molecule has 1 fully saturated rings. The predicted octanol–water partition coefficient (Wildman–Crippen LogP) is 0.908. The van der Waals surface area contributed by atoms with Crippen molar-refractivity contribution >= 4 is 5.91 Å². The number of hydrogen-bond acceptors (Lipinski definition) is 1. The van der Waals surface area contributed by atoms with E-state index in [1.807, 2.05) is 6.92 Å². The molecular weight excluding hydrogens is 114 g/mol. The summed E-state index contributed by atoms with van der Waals surface area (Å²) in [5.74, 6) is 0.435. The second kappa shape index (κ2) is 1.72. The molecule has 0 aromatic rings. The Kier molecular flexibility index (Phi) is 1.26. The lowest BCUT2D eigenvalue weighted by atomic mass is 10.1. The minimum Gasteiger partial charge on any atom is -0.369 e. The normalized spacial score (nSPS) is 40.4. The number of nitrogens with two attached hydrogens (primary N) is 1. The predicted molar refractivity (Wildman–Crippen MR) is 35.7 cm³/mol. The molecule has 1 aliphatic rings. The average molecular weight is 127 g/mol. The van der Waals surface area contributed by atoms with Crippen LogP contribution in [0.5, 0.6) is 0 Å². The number of carbonyl (C=O) groups excluding carboxylic acids is 1. The van der Waals surface area contributed by atoms with E-state index in [2.05, 4.69) is 6.92 Å². The number of hydrogen-bond donors (Lipinski definition) is 1.